The van der Waals surface area contributed by atoms with Gasteiger partial charge in [-0.1, -0.05) is 23.2 Å². The van der Waals surface area contributed by atoms with Crippen LogP contribution in [0.3, 0.4) is 0 Å². The Labute approximate surface area is 185 Å². The molecule has 1 N–H and O–H groups in total. The van der Waals surface area contributed by atoms with E-state index in [0.717, 1.165) is 18.9 Å². The number of carbonyl (C=O) groups is 2. The molecule has 8 nitrogen and oxygen atoms in total. The summed E-state index contributed by atoms with van der Waals surface area (Å²) in [5.41, 5.74) is -0.180. The smallest absolute Gasteiger partial charge is 0.340 e. The molecule has 2 aliphatic rings. The second-order valence-electron chi connectivity index (χ2n) is 7.71. The summed E-state index contributed by atoms with van der Waals surface area (Å²) >= 11 is 12.2. The molecule has 11 heteroatoms. The molecule has 2 fully saturated rings. The first-order chi connectivity index (χ1) is 14.0. The van der Waals surface area contributed by atoms with Crippen LogP contribution >= 0.6 is 23.2 Å². The van der Waals surface area contributed by atoms with Crippen LogP contribution in [0.5, 0.6) is 0 Å². The number of sulfonamides is 1. The van der Waals surface area contributed by atoms with Crippen molar-refractivity contribution in [3.8, 4) is 0 Å². The summed E-state index contributed by atoms with van der Waals surface area (Å²) in [5, 5.41) is -0.172. The van der Waals surface area contributed by atoms with Crippen LogP contribution in [0.4, 0.5) is 0 Å². The van der Waals surface area contributed by atoms with E-state index in [1.165, 1.54) is 13.0 Å². The van der Waals surface area contributed by atoms with Gasteiger partial charge in [0.25, 0.3) is 5.91 Å². The number of hydrogen-bond acceptors (Lipinski definition) is 6. The van der Waals surface area contributed by atoms with Crippen LogP contribution in [0.15, 0.2) is 17.0 Å². The number of esters is 1. The molecule has 1 aromatic carbocycles. The number of morpholine rings is 1. The van der Waals surface area contributed by atoms with Gasteiger partial charge in [-0.25, -0.2) is 17.9 Å². The van der Waals surface area contributed by atoms with Gasteiger partial charge < -0.3 is 14.4 Å². The van der Waals surface area contributed by atoms with Crippen molar-refractivity contribution in [2.45, 2.75) is 62.9 Å². The molecule has 3 unspecified atom stereocenters. The standard InChI is InChI=1S/C19H24Cl2N2O6S/c1-10-8-23(9-11(2)28-10)18(24)12(3)29-19(25)14-6-17(16(21)7-15(14)20)30(26,27)22-13-4-5-13/h6-7,10-13,22H,4-5,8-9H2,1-3H3. The molecule has 0 bridgehead atoms. The van der Waals surface area contributed by atoms with Crippen molar-refractivity contribution in [2.75, 3.05) is 13.1 Å². The molecule has 3 rings (SSSR count). The minimum atomic E-state index is -3.91. The fraction of sp³-hybridized carbons (Fsp3) is 0.579. The Bertz CT molecular complexity index is 941. The van der Waals surface area contributed by atoms with E-state index < -0.39 is 22.1 Å². The van der Waals surface area contributed by atoms with Gasteiger partial charge in [-0.2, -0.15) is 0 Å². The van der Waals surface area contributed by atoms with E-state index in [-0.39, 0.29) is 44.7 Å². The van der Waals surface area contributed by atoms with Crippen LogP contribution < -0.4 is 4.72 Å². The summed E-state index contributed by atoms with van der Waals surface area (Å²) in [7, 11) is -3.91. The quantitative estimate of drug-likeness (QED) is 0.630. The Morgan fingerprint density at radius 2 is 1.77 bits per heavy atom. The molecule has 30 heavy (non-hydrogen) atoms. The predicted octanol–water partition coefficient (Wildman–Crippen LogP) is 2.62. The number of carbonyl (C=O) groups excluding carboxylic acids is 2. The third kappa shape index (κ3) is 5.45. The second kappa shape index (κ2) is 9.00. The fourth-order valence-electron chi connectivity index (χ4n) is 3.26. The highest BCUT2D eigenvalue weighted by Crippen LogP contribution is 2.31. The van der Waals surface area contributed by atoms with Crippen LogP contribution in [-0.4, -0.2) is 62.6 Å². The number of amides is 1. The molecule has 0 spiro atoms. The van der Waals surface area contributed by atoms with Gasteiger partial charge in [-0.15, -0.1) is 0 Å². The molecular weight excluding hydrogens is 455 g/mol. The SMILES string of the molecule is CC1CN(C(=O)C(C)OC(=O)c2cc(S(=O)(=O)NC3CC3)c(Cl)cc2Cl)CC(C)O1. The van der Waals surface area contributed by atoms with E-state index in [1.807, 2.05) is 13.8 Å². The Balaban J connectivity index is 1.76. The number of ether oxygens (including phenoxy) is 2. The summed E-state index contributed by atoms with van der Waals surface area (Å²) in [4.78, 5) is 26.7. The minimum Gasteiger partial charge on any atom is -0.449 e. The molecule has 0 radical (unpaired) electrons. The number of nitrogens with zero attached hydrogens (tertiary/aromatic N) is 1. The van der Waals surface area contributed by atoms with Gasteiger partial charge in [0.2, 0.25) is 10.0 Å². The highest BCUT2D eigenvalue weighted by molar-refractivity contribution is 7.89. The Kier molecular flexibility index (Phi) is 6.98. The van der Waals surface area contributed by atoms with Gasteiger partial charge in [0.05, 0.1) is 27.8 Å². The van der Waals surface area contributed by atoms with Crippen LogP contribution in [0.25, 0.3) is 0 Å². The maximum Gasteiger partial charge on any atom is 0.340 e. The van der Waals surface area contributed by atoms with Gasteiger partial charge in [-0.3, -0.25) is 4.79 Å². The van der Waals surface area contributed by atoms with Crippen LogP contribution in [0.1, 0.15) is 44.0 Å². The largest absolute Gasteiger partial charge is 0.449 e. The zero-order valence-electron chi connectivity index (χ0n) is 16.9. The van der Waals surface area contributed by atoms with Gasteiger partial charge in [-0.05, 0) is 45.7 Å². The topological polar surface area (TPSA) is 102 Å². The highest BCUT2D eigenvalue weighted by Gasteiger charge is 2.33. The van der Waals surface area contributed by atoms with E-state index in [0.29, 0.717) is 13.1 Å². The predicted molar refractivity (Wildman–Crippen MR) is 111 cm³/mol. The van der Waals surface area contributed by atoms with E-state index in [4.69, 9.17) is 32.7 Å². The number of halogens is 2. The maximum atomic E-state index is 12.7. The van der Waals surface area contributed by atoms with Crippen LogP contribution in [-0.2, 0) is 24.3 Å². The lowest BCUT2D eigenvalue weighted by molar-refractivity contribution is -0.151. The Morgan fingerprint density at radius 3 is 2.33 bits per heavy atom. The van der Waals surface area contributed by atoms with E-state index >= 15 is 0 Å². The summed E-state index contributed by atoms with van der Waals surface area (Å²) in [6, 6.07) is 2.13. The summed E-state index contributed by atoms with van der Waals surface area (Å²) < 4.78 is 38.4. The monoisotopic (exact) mass is 478 g/mol. The van der Waals surface area contributed by atoms with Crippen molar-refractivity contribution in [1.29, 1.82) is 0 Å². The first kappa shape index (κ1) is 23.3. The molecular formula is C19H24Cl2N2O6S. The lowest BCUT2D eigenvalue weighted by Crippen LogP contribution is -2.51. The van der Waals surface area contributed by atoms with Gasteiger partial charge in [0, 0.05) is 19.1 Å². The lowest BCUT2D eigenvalue weighted by Gasteiger charge is -2.36. The molecule has 1 aliphatic carbocycles. The van der Waals surface area contributed by atoms with Crippen molar-refractivity contribution in [3.05, 3.63) is 27.7 Å². The average Bonchev–Trinajstić information content (AvgIpc) is 3.42. The van der Waals surface area contributed by atoms with E-state index in [9.17, 15) is 18.0 Å². The van der Waals surface area contributed by atoms with E-state index in [1.54, 1.807) is 4.90 Å². The molecule has 3 atom stereocenters. The van der Waals surface area contributed by atoms with Crippen molar-refractivity contribution in [3.63, 3.8) is 0 Å². The van der Waals surface area contributed by atoms with Crippen molar-refractivity contribution < 1.29 is 27.5 Å². The maximum absolute atomic E-state index is 12.7. The highest BCUT2D eigenvalue weighted by atomic mass is 35.5. The Morgan fingerprint density at radius 1 is 1.17 bits per heavy atom. The molecule has 1 saturated heterocycles. The molecule has 166 valence electrons. The zero-order chi connectivity index (χ0) is 22.2. The molecule has 1 aromatic rings. The van der Waals surface area contributed by atoms with Crippen molar-refractivity contribution in [2.24, 2.45) is 0 Å². The van der Waals surface area contributed by atoms with Crippen LogP contribution in [0, 0.1) is 0 Å². The minimum absolute atomic E-state index is 0.0661. The lowest BCUT2D eigenvalue weighted by atomic mass is 10.2. The van der Waals surface area contributed by atoms with Gasteiger partial charge in [0.1, 0.15) is 4.90 Å². The average molecular weight is 479 g/mol. The molecule has 1 heterocycles. The fourth-order valence-corrected chi connectivity index (χ4v) is 5.42. The molecule has 1 aliphatic heterocycles. The van der Waals surface area contributed by atoms with E-state index in [2.05, 4.69) is 4.72 Å². The van der Waals surface area contributed by atoms with Crippen molar-refractivity contribution in [1.82, 2.24) is 9.62 Å². The summed E-state index contributed by atoms with van der Waals surface area (Å²) in [5.74, 6) is -1.27. The number of hydrogen-bond donors (Lipinski definition) is 1. The summed E-state index contributed by atoms with van der Waals surface area (Å²) in [6.07, 6.45) is 0.164. The molecule has 1 amide bonds. The summed E-state index contributed by atoms with van der Waals surface area (Å²) in [6.45, 7) is 5.96. The zero-order valence-corrected chi connectivity index (χ0v) is 19.2. The third-order valence-corrected chi connectivity index (χ3v) is 7.09. The third-order valence-electron chi connectivity index (χ3n) is 4.79. The number of rotatable bonds is 6. The Hall–Kier alpha value is -1.39. The number of benzene rings is 1. The van der Waals surface area contributed by atoms with Crippen molar-refractivity contribution >= 4 is 45.1 Å². The van der Waals surface area contributed by atoms with Gasteiger partial charge in [0.15, 0.2) is 6.10 Å². The number of nitrogens with one attached hydrogen (secondary N) is 1. The second-order valence-corrected chi connectivity index (χ2v) is 10.2. The first-order valence-corrected chi connectivity index (χ1v) is 11.9. The molecule has 0 aromatic heterocycles. The van der Waals surface area contributed by atoms with Gasteiger partial charge >= 0.3 is 5.97 Å². The molecule has 1 saturated carbocycles. The normalized spacial score (nSPS) is 23.2. The van der Waals surface area contributed by atoms with Crippen LogP contribution in [0.2, 0.25) is 10.0 Å². The first-order valence-electron chi connectivity index (χ1n) is 9.64.